The van der Waals surface area contributed by atoms with Crippen LogP contribution in [0.2, 0.25) is 5.02 Å². The van der Waals surface area contributed by atoms with E-state index in [2.05, 4.69) is 4.36 Å². The van der Waals surface area contributed by atoms with Gasteiger partial charge in [0.15, 0.2) is 0 Å². The molecule has 0 aliphatic rings. The fourth-order valence-electron chi connectivity index (χ4n) is 2.09. The first-order valence-electron chi connectivity index (χ1n) is 8.39. The van der Waals surface area contributed by atoms with Crippen molar-refractivity contribution in [2.24, 2.45) is 21.3 Å². The average molecular weight is 403 g/mol. The summed E-state index contributed by atoms with van der Waals surface area (Å²) in [6.45, 7) is 9.10. The van der Waals surface area contributed by atoms with E-state index in [0.29, 0.717) is 11.4 Å². The normalized spacial score (nSPS) is 15.2. The lowest BCUT2D eigenvalue weighted by Crippen LogP contribution is -2.33. The molecule has 6 nitrogen and oxygen atoms in total. The lowest BCUT2D eigenvalue weighted by Gasteiger charge is -2.23. The van der Waals surface area contributed by atoms with Gasteiger partial charge in [-0.2, -0.15) is 0 Å². The standard InChI is InChI=1S/C18H27ClN2O4S/c1-12(2)6-11-15(17(23)25-18(3,4)5)16(22)21-26(20,24)14-9-7-13(19)8-10-14/h7-10,12,15H,6,11H2,1-5H3,(H2,20,21,22,24)/t15-,26?/m1/s1. The molecule has 0 saturated heterocycles. The number of nitrogens with zero attached hydrogens (tertiary/aromatic N) is 1. The number of rotatable bonds is 6. The van der Waals surface area contributed by atoms with Crippen LogP contribution in [0.5, 0.6) is 0 Å². The largest absolute Gasteiger partial charge is 0.459 e. The third kappa shape index (κ3) is 7.43. The van der Waals surface area contributed by atoms with E-state index in [1.807, 2.05) is 13.8 Å². The number of hydrogen-bond acceptors (Lipinski definition) is 4. The van der Waals surface area contributed by atoms with E-state index in [9.17, 15) is 13.8 Å². The first kappa shape index (κ1) is 22.6. The van der Waals surface area contributed by atoms with Crippen LogP contribution in [0.25, 0.3) is 0 Å². The molecule has 0 saturated carbocycles. The van der Waals surface area contributed by atoms with Crippen LogP contribution in [0.1, 0.15) is 47.5 Å². The van der Waals surface area contributed by atoms with Gasteiger partial charge in [-0.05, 0) is 63.8 Å². The highest BCUT2D eigenvalue weighted by molar-refractivity contribution is 7.91. The predicted molar refractivity (Wildman–Crippen MR) is 103 cm³/mol. The molecule has 8 heteroatoms. The smallest absolute Gasteiger partial charge is 0.319 e. The van der Waals surface area contributed by atoms with Crippen molar-refractivity contribution in [2.45, 2.75) is 58.0 Å². The zero-order valence-electron chi connectivity index (χ0n) is 15.8. The zero-order chi connectivity index (χ0) is 20.1. The second-order valence-electron chi connectivity index (χ2n) is 7.51. The maximum Gasteiger partial charge on any atom is 0.319 e. The molecular weight excluding hydrogens is 376 g/mol. The lowest BCUT2D eigenvalue weighted by atomic mass is 9.97. The zero-order valence-corrected chi connectivity index (χ0v) is 17.4. The quantitative estimate of drug-likeness (QED) is 0.574. The Hall–Kier alpha value is -1.44. The Morgan fingerprint density at radius 1 is 1.19 bits per heavy atom. The van der Waals surface area contributed by atoms with Gasteiger partial charge in [0.25, 0.3) is 5.91 Å². The average Bonchev–Trinajstić information content (AvgIpc) is 2.45. The van der Waals surface area contributed by atoms with Crippen LogP contribution in [-0.2, 0) is 24.2 Å². The van der Waals surface area contributed by atoms with Gasteiger partial charge in [0.05, 0.1) is 4.90 Å². The number of amides is 1. The molecule has 0 fully saturated rings. The van der Waals surface area contributed by atoms with Crippen LogP contribution >= 0.6 is 11.6 Å². The summed E-state index contributed by atoms with van der Waals surface area (Å²) in [5.74, 6) is -2.36. The van der Waals surface area contributed by atoms with Gasteiger partial charge in [0.2, 0.25) is 0 Å². The van der Waals surface area contributed by atoms with E-state index in [-0.39, 0.29) is 17.2 Å². The molecule has 0 heterocycles. The number of hydrogen-bond donors (Lipinski definition) is 1. The molecular formula is C18H27ClN2O4S. The minimum atomic E-state index is -3.48. The summed E-state index contributed by atoms with van der Waals surface area (Å²) >= 11 is 5.80. The molecule has 0 aliphatic heterocycles. The van der Waals surface area contributed by atoms with Crippen molar-refractivity contribution in [3.05, 3.63) is 29.3 Å². The summed E-state index contributed by atoms with van der Waals surface area (Å²) in [4.78, 5) is 25.2. The fourth-order valence-corrected chi connectivity index (χ4v) is 3.25. The number of carbonyl (C=O) groups is 2. The van der Waals surface area contributed by atoms with E-state index in [1.54, 1.807) is 20.8 Å². The third-order valence-electron chi connectivity index (χ3n) is 3.40. The van der Waals surface area contributed by atoms with Crippen molar-refractivity contribution in [1.82, 2.24) is 0 Å². The fraction of sp³-hybridized carbons (Fsp3) is 0.556. The first-order chi connectivity index (χ1) is 11.8. The molecule has 146 valence electrons. The van der Waals surface area contributed by atoms with E-state index in [1.165, 1.54) is 24.3 Å². The maximum absolute atomic E-state index is 12.7. The molecule has 1 unspecified atom stereocenters. The number of nitrogens with two attached hydrogens (primary N) is 1. The highest BCUT2D eigenvalue weighted by atomic mass is 35.5. The Labute approximate surface area is 160 Å². The van der Waals surface area contributed by atoms with Crippen LogP contribution in [0.15, 0.2) is 33.5 Å². The van der Waals surface area contributed by atoms with Crippen LogP contribution < -0.4 is 5.14 Å². The molecule has 0 aliphatic carbocycles. The van der Waals surface area contributed by atoms with Crippen molar-refractivity contribution >= 4 is 33.4 Å². The van der Waals surface area contributed by atoms with Crippen molar-refractivity contribution in [1.29, 1.82) is 0 Å². The molecule has 1 amide bonds. The summed E-state index contributed by atoms with van der Waals surface area (Å²) in [5, 5.41) is 6.20. The number of ether oxygens (including phenoxy) is 1. The van der Waals surface area contributed by atoms with Crippen molar-refractivity contribution < 1.29 is 18.5 Å². The Kier molecular flexibility index (Phi) is 7.80. The minimum Gasteiger partial charge on any atom is -0.459 e. The molecule has 1 rings (SSSR count). The van der Waals surface area contributed by atoms with Gasteiger partial charge in [-0.15, -0.1) is 4.36 Å². The summed E-state index contributed by atoms with van der Waals surface area (Å²) in [7, 11) is -3.48. The monoisotopic (exact) mass is 402 g/mol. The Morgan fingerprint density at radius 3 is 2.19 bits per heavy atom. The third-order valence-corrected chi connectivity index (χ3v) is 5.05. The summed E-state index contributed by atoms with van der Waals surface area (Å²) < 4.78 is 21.6. The molecule has 26 heavy (non-hydrogen) atoms. The Morgan fingerprint density at radius 2 is 1.73 bits per heavy atom. The topological polar surface area (TPSA) is 98.8 Å². The SMILES string of the molecule is CC(C)CC[C@H](C(=O)N=S(N)(=O)c1ccc(Cl)cc1)C(=O)OC(C)(C)C. The van der Waals surface area contributed by atoms with Gasteiger partial charge in [0, 0.05) is 5.02 Å². The van der Waals surface area contributed by atoms with E-state index < -0.39 is 33.3 Å². The van der Waals surface area contributed by atoms with Gasteiger partial charge in [-0.25, -0.2) is 9.35 Å². The number of esters is 1. The number of benzene rings is 1. The van der Waals surface area contributed by atoms with E-state index in [4.69, 9.17) is 21.5 Å². The van der Waals surface area contributed by atoms with Gasteiger partial charge in [0.1, 0.15) is 21.4 Å². The predicted octanol–water partition coefficient (Wildman–Crippen LogP) is 3.96. The first-order valence-corrected chi connectivity index (χ1v) is 10.3. The highest BCUT2D eigenvalue weighted by Crippen LogP contribution is 2.21. The van der Waals surface area contributed by atoms with Crippen LogP contribution in [-0.4, -0.2) is 21.7 Å². The Bertz CT molecular complexity index is 760. The Balaban J connectivity index is 3.15. The maximum atomic E-state index is 12.7. The van der Waals surface area contributed by atoms with Gasteiger partial charge in [-0.3, -0.25) is 9.59 Å². The summed E-state index contributed by atoms with van der Waals surface area (Å²) in [6.07, 6.45) is 0.878. The molecule has 1 aromatic rings. The van der Waals surface area contributed by atoms with E-state index >= 15 is 0 Å². The lowest BCUT2D eigenvalue weighted by molar-refractivity contribution is -0.162. The highest BCUT2D eigenvalue weighted by Gasteiger charge is 2.32. The summed E-state index contributed by atoms with van der Waals surface area (Å²) in [6, 6.07) is 5.90. The number of carbonyl (C=O) groups excluding carboxylic acids is 2. The second kappa shape index (κ2) is 8.97. The second-order valence-corrected chi connectivity index (χ2v) is 9.74. The number of halogens is 1. The van der Waals surface area contributed by atoms with Crippen LogP contribution in [0.3, 0.4) is 0 Å². The molecule has 0 spiro atoms. The van der Waals surface area contributed by atoms with Crippen LogP contribution in [0, 0.1) is 11.8 Å². The molecule has 2 atom stereocenters. The molecule has 0 radical (unpaired) electrons. The van der Waals surface area contributed by atoms with E-state index in [0.717, 1.165) is 0 Å². The van der Waals surface area contributed by atoms with Gasteiger partial charge >= 0.3 is 5.97 Å². The van der Waals surface area contributed by atoms with Gasteiger partial charge in [-0.1, -0.05) is 25.4 Å². The van der Waals surface area contributed by atoms with Crippen LogP contribution in [0.4, 0.5) is 0 Å². The van der Waals surface area contributed by atoms with Gasteiger partial charge < -0.3 is 4.74 Å². The van der Waals surface area contributed by atoms with Crippen molar-refractivity contribution in [3.63, 3.8) is 0 Å². The molecule has 0 aromatic heterocycles. The molecule has 1 aromatic carbocycles. The minimum absolute atomic E-state index is 0.169. The van der Waals surface area contributed by atoms with Crippen molar-refractivity contribution in [3.8, 4) is 0 Å². The summed E-state index contributed by atoms with van der Waals surface area (Å²) in [5.41, 5.74) is -0.742. The van der Waals surface area contributed by atoms with Crippen molar-refractivity contribution in [2.75, 3.05) is 0 Å². The molecule has 0 bridgehead atoms. The molecule has 2 N–H and O–H groups in total.